The van der Waals surface area contributed by atoms with E-state index in [4.69, 9.17) is 13.6 Å². The maximum absolute atomic E-state index is 11.0. The number of hydrogen-bond acceptors (Lipinski definition) is 8. The third-order valence-electron chi connectivity index (χ3n) is 5.99. The molecular weight excluding hydrogens is 380 g/mol. The Bertz CT molecular complexity index is 690. The van der Waals surface area contributed by atoms with E-state index in [0.29, 0.717) is 18.4 Å². The summed E-state index contributed by atoms with van der Waals surface area (Å²) in [5.74, 6) is 0.697. The van der Waals surface area contributed by atoms with Crippen LogP contribution in [0.2, 0.25) is 18.1 Å². The quantitative estimate of drug-likeness (QED) is 0.414. The summed E-state index contributed by atoms with van der Waals surface area (Å²) in [7, 11) is -1.82. The van der Waals surface area contributed by atoms with E-state index >= 15 is 0 Å². The molecule has 3 heterocycles. The third-order valence-corrected chi connectivity index (χ3v) is 10.5. The van der Waals surface area contributed by atoms with Crippen molar-refractivity contribution in [2.75, 3.05) is 42.6 Å². The second kappa shape index (κ2) is 8.00. The van der Waals surface area contributed by atoms with Gasteiger partial charge in [0, 0.05) is 19.6 Å². The summed E-state index contributed by atoms with van der Waals surface area (Å²) < 4.78 is 17.7. The van der Waals surface area contributed by atoms with Gasteiger partial charge < -0.3 is 23.4 Å². The highest BCUT2D eigenvalue weighted by molar-refractivity contribution is 6.74. The monoisotopic (exact) mass is 412 g/mol. The van der Waals surface area contributed by atoms with E-state index in [2.05, 4.69) is 43.7 Å². The number of rotatable bonds is 5. The Hall–Kier alpha value is -1.65. The second-order valence-electron chi connectivity index (χ2n) is 9.13. The molecule has 0 aliphatic carbocycles. The molecule has 3 rings (SSSR count). The van der Waals surface area contributed by atoms with Crippen molar-refractivity contribution in [1.29, 1.82) is 0 Å². The predicted molar refractivity (Wildman–Crippen MR) is 109 cm³/mol. The zero-order chi connectivity index (χ0) is 20.5. The predicted octanol–water partition coefficient (Wildman–Crippen LogP) is 3.10. The second-order valence-corrected chi connectivity index (χ2v) is 13.9. The van der Waals surface area contributed by atoms with E-state index in [1.54, 1.807) is 11.1 Å². The molecule has 2 atom stereocenters. The number of anilines is 2. The standard InChI is InChI=1S/C18H32N4O5Si/c1-18(2,3)28(4,5)27-14-7-6-8-20(12-14)15-11-19-17(26-15)21-9-10-25-16(13-21)22(23)24/h11,14,16H,6-10,12-13H2,1-5H3. The van der Waals surface area contributed by atoms with Gasteiger partial charge >= 0.3 is 6.23 Å². The molecule has 10 heteroatoms. The van der Waals surface area contributed by atoms with Gasteiger partial charge in [-0.05, 0) is 31.0 Å². The Labute approximate surface area is 167 Å². The van der Waals surface area contributed by atoms with Gasteiger partial charge in [-0.3, -0.25) is 10.1 Å². The summed E-state index contributed by atoms with van der Waals surface area (Å²) in [6, 6.07) is 0.414. The molecule has 2 aliphatic rings. The molecule has 2 unspecified atom stereocenters. The molecule has 2 aliphatic heterocycles. The molecule has 28 heavy (non-hydrogen) atoms. The van der Waals surface area contributed by atoms with E-state index < -0.39 is 19.5 Å². The van der Waals surface area contributed by atoms with Crippen molar-refractivity contribution >= 4 is 20.2 Å². The number of aromatic nitrogens is 1. The van der Waals surface area contributed by atoms with Crippen LogP contribution in [0, 0.1) is 10.1 Å². The highest BCUT2D eigenvalue weighted by Crippen LogP contribution is 2.38. The van der Waals surface area contributed by atoms with Gasteiger partial charge in [0.05, 0.1) is 23.8 Å². The molecule has 1 aromatic rings. The summed E-state index contributed by atoms with van der Waals surface area (Å²) in [4.78, 5) is 18.9. The van der Waals surface area contributed by atoms with E-state index in [1.165, 1.54) is 0 Å². The van der Waals surface area contributed by atoms with Crippen LogP contribution in [0.4, 0.5) is 11.9 Å². The molecule has 0 spiro atoms. The molecule has 0 N–H and O–H groups in total. The topological polar surface area (TPSA) is 94.1 Å². The van der Waals surface area contributed by atoms with Crippen LogP contribution in [0.25, 0.3) is 0 Å². The first-order valence-electron chi connectivity index (χ1n) is 9.95. The number of nitro groups is 1. The average molecular weight is 413 g/mol. The first-order valence-corrected chi connectivity index (χ1v) is 12.9. The van der Waals surface area contributed by atoms with Crippen LogP contribution >= 0.6 is 0 Å². The van der Waals surface area contributed by atoms with Gasteiger partial charge in [0.25, 0.3) is 6.01 Å². The lowest BCUT2D eigenvalue weighted by Gasteiger charge is -2.42. The van der Waals surface area contributed by atoms with Crippen molar-refractivity contribution in [2.24, 2.45) is 0 Å². The SMILES string of the molecule is CC(C)(C)[Si](C)(C)OC1CCCN(c2cnc(N3CCOC([N+](=O)[O-])C3)o2)C1. The summed E-state index contributed by atoms with van der Waals surface area (Å²) in [5.41, 5.74) is 0. The lowest BCUT2D eigenvalue weighted by atomic mass is 10.1. The van der Waals surface area contributed by atoms with Crippen LogP contribution in [0.5, 0.6) is 0 Å². The molecule has 2 saturated heterocycles. The Kier molecular flexibility index (Phi) is 6.02. The Balaban J connectivity index is 1.64. The van der Waals surface area contributed by atoms with Gasteiger partial charge in [-0.15, -0.1) is 0 Å². The summed E-state index contributed by atoms with van der Waals surface area (Å²) in [5, 5.41) is 11.2. The fraction of sp³-hybridized carbons (Fsp3) is 0.833. The van der Waals surface area contributed by atoms with Crippen LogP contribution in [0.1, 0.15) is 33.6 Å². The zero-order valence-electron chi connectivity index (χ0n) is 17.5. The average Bonchev–Trinajstić information content (AvgIpc) is 3.11. The molecule has 0 aromatic carbocycles. The lowest BCUT2D eigenvalue weighted by molar-refractivity contribution is -0.574. The molecule has 0 bridgehead atoms. The van der Waals surface area contributed by atoms with Crippen LogP contribution in [-0.2, 0) is 9.16 Å². The smallest absolute Gasteiger partial charge is 0.333 e. The molecule has 9 nitrogen and oxygen atoms in total. The van der Waals surface area contributed by atoms with E-state index in [0.717, 1.165) is 25.9 Å². The minimum Gasteiger partial charge on any atom is -0.412 e. The number of oxazole rings is 1. The van der Waals surface area contributed by atoms with Crippen molar-refractivity contribution in [1.82, 2.24) is 4.98 Å². The Morgan fingerprint density at radius 3 is 2.71 bits per heavy atom. The van der Waals surface area contributed by atoms with Crippen LogP contribution in [0.15, 0.2) is 10.6 Å². The molecule has 0 radical (unpaired) electrons. The number of piperidine rings is 1. The number of ether oxygens (including phenoxy) is 1. The van der Waals surface area contributed by atoms with Crippen molar-refractivity contribution in [3.8, 4) is 0 Å². The maximum Gasteiger partial charge on any atom is 0.333 e. The number of nitrogens with zero attached hydrogens (tertiary/aromatic N) is 4. The summed E-state index contributed by atoms with van der Waals surface area (Å²) in [6.45, 7) is 14.0. The molecule has 0 amide bonds. The molecule has 158 valence electrons. The van der Waals surface area contributed by atoms with Crippen LogP contribution in [0.3, 0.4) is 0 Å². The number of hydrogen-bond donors (Lipinski definition) is 0. The lowest BCUT2D eigenvalue weighted by Crippen LogP contribution is -2.49. The zero-order valence-corrected chi connectivity index (χ0v) is 18.5. The molecular formula is C18H32N4O5Si. The van der Waals surface area contributed by atoms with Crippen LogP contribution < -0.4 is 9.80 Å². The van der Waals surface area contributed by atoms with Crippen molar-refractivity contribution in [3.63, 3.8) is 0 Å². The largest absolute Gasteiger partial charge is 0.412 e. The van der Waals surface area contributed by atoms with Gasteiger partial charge in [0.15, 0.2) is 8.32 Å². The normalized spacial score (nSPS) is 24.5. The van der Waals surface area contributed by atoms with Crippen molar-refractivity contribution in [3.05, 3.63) is 16.3 Å². The van der Waals surface area contributed by atoms with Gasteiger partial charge in [0.2, 0.25) is 5.88 Å². The van der Waals surface area contributed by atoms with Gasteiger partial charge in [-0.2, -0.15) is 4.98 Å². The molecule has 2 fully saturated rings. The van der Waals surface area contributed by atoms with Gasteiger partial charge in [-0.1, -0.05) is 20.8 Å². The van der Waals surface area contributed by atoms with Crippen molar-refractivity contribution in [2.45, 2.75) is 64.1 Å². The maximum atomic E-state index is 11.0. The molecule has 1 aromatic heterocycles. The van der Waals surface area contributed by atoms with Gasteiger partial charge in [-0.25, -0.2) is 0 Å². The van der Waals surface area contributed by atoms with E-state index in [1.807, 2.05) is 0 Å². The Morgan fingerprint density at radius 1 is 1.29 bits per heavy atom. The Morgan fingerprint density at radius 2 is 2.04 bits per heavy atom. The van der Waals surface area contributed by atoms with Gasteiger partial charge in [0.1, 0.15) is 6.54 Å². The first kappa shape index (κ1) is 21.1. The minimum absolute atomic E-state index is 0.143. The number of morpholine rings is 1. The first-order chi connectivity index (χ1) is 13.1. The molecule has 0 saturated carbocycles. The summed E-state index contributed by atoms with van der Waals surface area (Å²) in [6.07, 6.45) is 2.95. The highest BCUT2D eigenvalue weighted by atomic mass is 28.4. The fourth-order valence-electron chi connectivity index (χ4n) is 3.31. The van der Waals surface area contributed by atoms with E-state index in [-0.39, 0.29) is 24.3 Å². The van der Waals surface area contributed by atoms with E-state index in [9.17, 15) is 10.1 Å². The highest BCUT2D eigenvalue weighted by Gasteiger charge is 2.40. The minimum atomic E-state index is -1.82. The fourth-order valence-corrected chi connectivity index (χ4v) is 4.69. The van der Waals surface area contributed by atoms with Crippen LogP contribution in [-0.4, -0.2) is 63.3 Å². The van der Waals surface area contributed by atoms with Crippen molar-refractivity contribution < 1.29 is 18.5 Å². The third kappa shape index (κ3) is 4.66. The summed E-state index contributed by atoms with van der Waals surface area (Å²) >= 11 is 0.